The lowest BCUT2D eigenvalue weighted by Gasteiger charge is -2.01. The Morgan fingerprint density at radius 2 is 2.24 bits per heavy atom. The van der Waals surface area contributed by atoms with Crippen LogP contribution in [0, 0.1) is 6.92 Å². The normalized spacial score (nSPS) is 11.1. The lowest BCUT2D eigenvalue weighted by Crippen LogP contribution is -2.24. The number of imidazole rings is 1. The number of fused-ring (bicyclic) bond motifs is 1. The minimum Gasteiger partial charge on any atom is -0.345 e. The van der Waals surface area contributed by atoms with Crippen molar-refractivity contribution < 1.29 is 4.79 Å². The van der Waals surface area contributed by atoms with Crippen molar-refractivity contribution in [3.63, 3.8) is 0 Å². The van der Waals surface area contributed by atoms with Crippen LogP contribution in [0.25, 0.3) is 10.6 Å². The highest BCUT2D eigenvalue weighted by Crippen LogP contribution is 2.15. The highest BCUT2D eigenvalue weighted by molar-refractivity contribution is 7.15. The number of aromatic nitrogens is 5. The van der Waals surface area contributed by atoms with Crippen molar-refractivity contribution >= 4 is 33.8 Å². The van der Waals surface area contributed by atoms with Crippen molar-refractivity contribution in [1.82, 2.24) is 29.7 Å². The third-order valence-electron chi connectivity index (χ3n) is 3.61. The van der Waals surface area contributed by atoms with Gasteiger partial charge in [0.25, 0.3) is 5.91 Å². The first-order valence-electron chi connectivity index (χ1n) is 7.49. The molecule has 0 aliphatic heterocycles. The lowest BCUT2D eigenvalue weighted by atomic mass is 10.3. The summed E-state index contributed by atoms with van der Waals surface area (Å²) in [4.78, 5) is 19.2. The molecule has 7 nitrogen and oxygen atoms in total. The van der Waals surface area contributed by atoms with Crippen LogP contribution in [0.5, 0.6) is 0 Å². The molecule has 0 spiro atoms. The zero-order valence-electron chi connectivity index (χ0n) is 13.2. The van der Waals surface area contributed by atoms with Gasteiger partial charge in [0.05, 0.1) is 23.6 Å². The van der Waals surface area contributed by atoms with Crippen LogP contribution in [0.1, 0.15) is 21.9 Å². The maximum Gasteiger partial charge on any atom is 0.274 e. The minimum absolute atomic E-state index is 0.279. The van der Waals surface area contributed by atoms with E-state index in [0.29, 0.717) is 22.9 Å². The highest BCUT2D eigenvalue weighted by atomic mass is 35.5. The first-order valence-corrected chi connectivity index (χ1v) is 8.75. The third kappa shape index (κ3) is 3.13. The first kappa shape index (κ1) is 15.8. The molecule has 0 unspecified atom stereocenters. The number of thiazole rings is 1. The van der Waals surface area contributed by atoms with Gasteiger partial charge < -0.3 is 5.32 Å². The summed E-state index contributed by atoms with van der Waals surface area (Å²) in [5.74, 6) is -0.290. The van der Waals surface area contributed by atoms with Crippen LogP contribution < -0.4 is 5.32 Å². The molecule has 4 rings (SSSR count). The predicted molar refractivity (Wildman–Crippen MR) is 95.3 cm³/mol. The van der Waals surface area contributed by atoms with Crippen molar-refractivity contribution in [2.24, 2.45) is 0 Å². The topological polar surface area (TPSA) is 77.1 Å². The molecule has 1 N–H and O–H groups in total. The molecule has 3 aromatic heterocycles. The molecule has 0 aliphatic carbocycles. The molecule has 25 heavy (non-hydrogen) atoms. The molecule has 0 radical (unpaired) electrons. The number of nitrogens with one attached hydrogen (secondary N) is 1. The molecule has 9 heteroatoms. The predicted octanol–water partition coefficient (Wildman–Crippen LogP) is 2.87. The number of halogens is 1. The average Bonchev–Trinajstić information content (AvgIpc) is 3.27. The van der Waals surface area contributed by atoms with E-state index in [1.54, 1.807) is 36.5 Å². The molecule has 1 aromatic carbocycles. The summed E-state index contributed by atoms with van der Waals surface area (Å²) in [6.45, 7) is 2.08. The maximum atomic E-state index is 12.4. The number of aryl methyl sites for hydroxylation is 1. The Morgan fingerprint density at radius 1 is 1.36 bits per heavy atom. The van der Waals surface area contributed by atoms with E-state index < -0.39 is 0 Å². The lowest BCUT2D eigenvalue weighted by molar-refractivity contribution is 0.0944. The molecule has 0 saturated carbocycles. The van der Waals surface area contributed by atoms with Gasteiger partial charge in [0.1, 0.15) is 0 Å². The molecular formula is C16H13ClN6OS. The Labute approximate surface area is 151 Å². The van der Waals surface area contributed by atoms with Gasteiger partial charge in [-0.3, -0.25) is 9.20 Å². The summed E-state index contributed by atoms with van der Waals surface area (Å²) in [5, 5.41) is 13.9. The Morgan fingerprint density at radius 3 is 3.04 bits per heavy atom. The van der Waals surface area contributed by atoms with E-state index in [-0.39, 0.29) is 11.6 Å². The van der Waals surface area contributed by atoms with Gasteiger partial charge >= 0.3 is 0 Å². The molecule has 3 heterocycles. The summed E-state index contributed by atoms with van der Waals surface area (Å²) in [6.07, 6.45) is 3.82. The fraction of sp³-hybridized carbons (Fsp3) is 0.125. The fourth-order valence-corrected chi connectivity index (χ4v) is 3.32. The summed E-state index contributed by atoms with van der Waals surface area (Å²) in [5.41, 5.74) is 2.31. The van der Waals surface area contributed by atoms with Crippen molar-refractivity contribution in [3.8, 4) is 5.69 Å². The SMILES string of the molecule is Cc1nn(-c2cccc(Cl)c2)nc1C(=O)NCc1cn2ccsc2n1. The van der Waals surface area contributed by atoms with E-state index in [1.807, 2.05) is 28.2 Å². The zero-order chi connectivity index (χ0) is 17.4. The summed E-state index contributed by atoms with van der Waals surface area (Å²) in [7, 11) is 0. The van der Waals surface area contributed by atoms with E-state index >= 15 is 0 Å². The van der Waals surface area contributed by atoms with Gasteiger partial charge in [0, 0.05) is 22.8 Å². The van der Waals surface area contributed by atoms with Crippen LogP contribution >= 0.6 is 22.9 Å². The fourth-order valence-electron chi connectivity index (χ4n) is 2.42. The number of amides is 1. The van der Waals surface area contributed by atoms with Crippen LogP contribution in [0.2, 0.25) is 5.02 Å². The second-order valence-electron chi connectivity index (χ2n) is 5.41. The number of rotatable bonds is 4. The summed E-state index contributed by atoms with van der Waals surface area (Å²) < 4.78 is 1.92. The standard InChI is InChI=1S/C16H13ClN6OS/c1-10-14(21-23(20-10)13-4-2-3-11(17)7-13)15(24)18-8-12-9-22-5-6-25-16(22)19-12/h2-7,9H,8H2,1H3,(H,18,24). The summed E-state index contributed by atoms with van der Waals surface area (Å²) in [6, 6.07) is 7.14. The van der Waals surface area contributed by atoms with Crippen LogP contribution in [0.4, 0.5) is 0 Å². The molecule has 0 bridgehead atoms. The number of benzene rings is 1. The number of carbonyl (C=O) groups is 1. The highest BCUT2D eigenvalue weighted by Gasteiger charge is 2.16. The number of hydrogen-bond donors (Lipinski definition) is 1. The van der Waals surface area contributed by atoms with Gasteiger partial charge in [-0.25, -0.2) is 4.98 Å². The Bertz CT molecular complexity index is 1040. The molecule has 1 amide bonds. The molecule has 4 aromatic rings. The van der Waals surface area contributed by atoms with Gasteiger partial charge in [-0.05, 0) is 25.1 Å². The van der Waals surface area contributed by atoms with Crippen molar-refractivity contribution in [2.45, 2.75) is 13.5 Å². The van der Waals surface area contributed by atoms with Gasteiger partial charge in [0.2, 0.25) is 0 Å². The van der Waals surface area contributed by atoms with Gasteiger partial charge in [0.15, 0.2) is 10.7 Å². The Hall–Kier alpha value is -2.71. The van der Waals surface area contributed by atoms with Gasteiger partial charge in [-0.2, -0.15) is 9.90 Å². The van der Waals surface area contributed by atoms with E-state index in [9.17, 15) is 4.79 Å². The second kappa shape index (κ2) is 6.30. The van der Waals surface area contributed by atoms with E-state index in [4.69, 9.17) is 11.6 Å². The zero-order valence-corrected chi connectivity index (χ0v) is 14.8. The molecule has 0 aliphatic rings. The van der Waals surface area contributed by atoms with Crippen molar-refractivity contribution in [3.05, 3.63) is 64.1 Å². The van der Waals surface area contributed by atoms with E-state index in [0.717, 1.165) is 10.7 Å². The van der Waals surface area contributed by atoms with Gasteiger partial charge in [-0.15, -0.1) is 16.4 Å². The molecular weight excluding hydrogens is 360 g/mol. The van der Waals surface area contributed by atoms with Crippen molar-refractivity contribution in [1.29, 1.82) is 0 Å². The van der Waals surface area contributed by atoms with E-state index in [1.165, 1.54) is 4.80 Å². The number of nitrogens with zero attached hydrogens (tertiary/aromatic N) is 5. The monoisotopic (exact) mass is 372 g/mol. The molecule has 0 fully saturated rings. The van der Waals surface area contributed by atoms with E-state index in [2.05, 4.69) is 20.5 Å². The quantitative estimate of drug-likeness (QED) is 0.597. The van der Waals surface area contributed by atoms with Crippen LogP contribution in [0.15, 0.2) is 42.0 Å². The van der Waals surface area contributed by atoms with Crippen LogP contribution in [0.3, 0.4) is 0 Å². The largest absolute Gasteiger partial charge is 0.345 e. The Kier molecular flexibility index (Phi) is 3.98. The molecule has 0 saturated heterocycles. The summed E-state index contributed by atoms with van der Waals surface area (Å²) >= 11 is 7.54. The minimum atomic E-state index is -0.290. The molecule has 126 valence electrons. The van der Waals surface area contributed by atoms with Crippen LogP contribution in [-0.4, -0.2) is 30.3 Å². The number of hydrogen-bond acceptors (Lipinski definition) is 5. The average molecular weight is 373 g/mol. The third-order valence-corrected chi connectivity index (χ3v) is 4.62. The van der Waals surface area contributed by atoms with Gasteiger partial charge in [-0.1, -0.05) is 17.7 Å². The number of carbonyl (C=O) groups excluding carboxylic acids is 1. The smallest absolute Gasteiger partial charge is 0.274 e. The Balaban J connectivity index is 1.51. The van der Waals surface area contributed by atoms with Crippen LogP contribution in [-0.2, 0) is 6.54 Å². The van der Waals surface area contributed by atoms with Crippen molar-refractivity contribution in [2.75, 3.05) is 0 Å². The molecule has 0 atom stereocenters. The second-order valence-corrected chi connectivity index (χ2v) is 6.72. The first-order chi connectivity index (χ1) is 12.1. The maximum absolute atomic E-state index is 12.4.